The van der Waals surface area contributed by atoms with Crippen molar-refractivity contribution in [1.29, 1.82) is 0 Å². The highest BCUT2D eigenvalue weighted by atomic mass is 16.7. The minimum absolute atomic E-state index is 0.101. The Labute approximate surface area is 371 Å². The maximum atomic E-state index is 13.6. The quantitative estimate of drug-likeness (QED) is 0.117. The molecule has 1 fully saturated rings. The summed E-state index contributed by atoms with van der Waals surface area (Å²) >= 11 is 0. The summed E-state index contributed by atoms with van der Waals surface area (Å²) in [6.07, 6.45) is 9.45. The van der Waals surface area contributed by atoms with Crippen molar-refractivity contribution in [2.24, 2.45) is 0 Å². The van der Waals surface area contributed by atoms with Gasteiger partial charge in [-0.15, -0.1) is 0 Å². The molecule has 4 aromatic heterocycles. The summed E-state index contributed by atoms with van der Waals surface area (Å²) in [4.78, 5) is 36.5. The van der Waals surface area contributed by atoms with Crippen LogP contribution in [0.15, 0.2) is 88.7 Å². The molecule has 0 amide bonds. The topological polar surface area (TPSA) is 87.2 Å². The fraction of sp³-hybridized carbons (Fsp3) is 0.444. The van der Waals surface area contributed by atoms with Crippen LogP contribution in [0.3, 0.4) is 0 Å². The predicted octanol–water partition coefficient (Wildman–Crippen LogP) is 9.80. The van der Waals surface area contributed by atoms with Crippen LogP contribution in [0.1, 0.15) is 141 Å². The number of nitrogens with zero attached hydrogens (tertiary/aromatic N) is 4. The second-order valence-electron chi connectivity index (χ2n) is 22.7. The summed E-state index contributed by atoms with van der Waals surface area (Å²) < 4.78 is 17.5. The second kappa shape index (κ2) is 13.7. The van der Waals surface area contributed by atoms with Crippen LogP contribution in [0.2, 0.25) is 0 Å². The number of hydrogen-bond donors (Lipinski definition) is 0. The minimum atomic E-state index is -0.461. The number of aromatic nitrogens is 4. The van der Waals surface area contributed by atoms with Crippen LogP contribution in [0, 0.1) is 0 Å². The molecule has 1 saturated heterocycles. The molecular formula is C54H61BN4O4. The maximum absolute atomic E-state index is 13.6. The van der Waals surface area contributed by atoms with Gasteiger partial charge in [-0.3, -0.25) is 9.59 Å². The van der Waals surface area contributed by atoms with Crippen LogP contribution in [0.5, 0.6) is 0 Å². The van der Waals surface area contributed by atoms with E-state index in [9.17, 15) is 9.59 Å². The van der Waals surface area contributed by atoms with E-state index in [1.54, 1.807) is 0 Å². The fourth-order valence-corrected chi connectivity index (χ4v) is 12.1. The molecule has 3 aromatic carbocycles. The molecule has 7 aromatic rings. The average molecular weight is 841 g/mol. The maximum Gasteiger partial charge on any atom is 0.494 e. The molecule has 0 unspecified atom stereocenters. The van der Waals surface area contributed by atoms with Gasteiger partial charge in [0.15, 0.2) is 0 Å². The highest BCUT2D eigenvalue weighted by molar-refractivity contribution is 6.62. The zero-order valence-electron chi connectivity index (χ0n) is 39.2. The first-order chi connectivity index (χ1) is 29.4. The average Bonchev–Trinajstić information content (AvgIpc) is 3.65. The lowest BCUT2D eigenvalue weighted by Crippen LogP contribution is -2.41. The van der Waals surface area contributed by atoms with Crippen molar-refractivity contribution in [2.45, 2.75) is 154 Å². The van der Waals surface area contributed by atoms with Gasteiger partial charge in [0.2, 0.25) is 0 Å². The minimum Gasteiger partial charge on any atom is -0.399 e. The molecule has 5 heterocycles. The van der Waals surface area contributed by atoms with Crippen LogP contribution in [0.25, 0.3) is 32.8 Å². The van der Waals surface area contributed by atoms with Crippen molar-refractivity contribution >= 4 is 45.4 Å². The van der Waals surface area contributed by atoms with Gasteiger partial charge in [-0.25, -0.2) is 0 Å². The Balaban J connectivity index is 0.943. The lowest BCUT2D eigenvalue weighted by molar-refractivity contribution is 0.00578. The SMILES string of the molecule is CC1(C)CC(C)(C)c2c1c(=O)nc1c3ccc(CCc4cc(CCc5ccc6c(ccn7c8c(c(=O)nc67)C(C)(C)CC8(C)C)c5)cc(B5OC(C)(C)C(C)(C)O5)c4)cc3ccn21. The number of aryl methyl sites for hydroxylation is 4. The molecule has 0 radical (unpaired) electrons. The van der Waals surface area contributed by atoms with Gasteiger partial charge in [-0.1, -0.05) is 110 Å². The summed E-state index contributed by atoms with van der Waals surface area (Å²) in [6, 6.07) is 24.4. The van der Waals surface area contributed by atoms with E-state index in [4.69, 9.17) is 19.3 Å². The summed E-state index contributed by atoms with van der Waals surface area (Å²) in [5, 5.41) is 4.17. The first-order valence-electron chi connectivity index (χ1n) is 22.9. The van der Waals surface area contributed by atoms with E-state index in [-0.39, 0.29) is 32.8 Å². The first-order valence-corrected chi connectivity index (χ1v) is 22.9. The van der Waals surface area contributed by atoms with Crippen LogP contribution >= 0.6 is 0 Å². The van der Waals surface area contributed by atoms with Gasteiger partial charge in [-0.2, -0.15) is 9.97 Å². The number of pyridine rings is 2. The van der Waals surface area contributed by atoms with Crippen molar-refractivity contribution in [3.05, 3.63) is 145 Å². The molecule has 8 nitrogen and oxygen atoms in total. The Morgan fingerprint density at radius 2 is 0.905 bits per heavy atom. The van der Waals surface area contributed by atoms with Crippen LogP contribution in [-0.4, -0.2) is 37.1 Å². The molecule has 0 atom stereocenters. The molecule has 1 aliphatic heterocycles. The van der Waals surface area contributed by atoms with E-state index >= 15 is 0 Å². The van der Waals surface area contributed by atoms with Crippen LogP contribution < -0.4 is 16.6 Å². The Morgan fingerprint density at radius 3 is 1.32 bits per heavy atom. The van der Waals surface area contributed by atoms with E-state index in [1.807, 2.05) is 0 Å². The highest BCUT2D eigenvalue weighted by Gasteiger charge is 2.52. The largest absolute Gasteiger partial charge is 0.494 e. The molecule has 0 spiro atoms. The van der Waals surface area contributed by atoms with Crippen LogP contribution in [0.4, 0.5) is 0 Å². The van der Waals surface area contributed by atoms with Crippen molar-refractivity contribution in [1.82, 2.24) is 18.8 Å². The summed E-state index contributed by atoms with van der Waals surface area (Å²) in [5.41, 5.74) is 9.54. The van der Waals surface area contributed by atoms with Gasteiger partial charge in [0.1, 0.15) is 11.3 Å². The number of fused-ring (bicyclic) bond motifs is 10. The Morgan fingerprint density at radius 1 is 0.508 bits per heavy atom. The lowest BCUT2D eigenvalue weighted by Gasteiger charge is -2.32. The molecule has 0 saturated carbocycles. The van der Waals surface area contributed by atoms with Crippen molar-refractivity contribution in [2.75, 3.05) is 0 Å². The standard InChI is InChI=1S/C54H61BN4O4/c1-49(2)30-51(5,6)43-41(49)47(60)56-45-39-19-17-32(26-36(39)21-23-58(43)45)13-15-34-25-35(29-38(28-34)55-62-53(9,10)54(11,12)63-55)16-14-33-18-20-40-37(27-33)22-24-59-44-42(48(61)57-46(40)59)50(3,4)31-52(44,7)8/h17-29H,13-16,30-31H2,1-12H3. The van der Waals surface area contributed by atoms with E-state index in [2.05, 4.69) is 171 Å². The molecule has 63 heavy (non-hydrogen) atoms. The molecule has 3 aliphatic rings. The van der Waals surface area contributed by atoms with Gasteiger partial charge < -0.3 is 18.1 Å². The third kappa shape index (κ3) is 6.70. The Kier molecular flexibility index (Phi) is 9.10. The van der Waals surface area contributed by atoms with Gasteiger partial charge in [-0.05, 0) is 128 Å². The van der Waals surface area contributed by atoms with E-state index in [1.165, 1.54) is 22.3 Å². The van der Waals surface area contributed by atoms with Gasteiger partial charge in [0, 0.05) is 56.5 Å². The molecule has 0 bridgehead atoms. The molecule has 9 heteroatoms. The van der Waals surface area contributed by atoms with Gasteiger partial charge in [0.05, 0.1) is 11.2 Å². The van der Waals surface area contributed by atoms with Crippen molar-refractivity contribution in [3.63, 3.8) is 0 Å². The van der Waals surface area contributed by atoms with Crippen LogP contribution in [-0.2, 0) is 56.7 Å². The number of hydrogen-bond acceptors (Lipinski definition) is 6. The van der Waals surface area contributed by atoms with Crippen molar-refractivity contribution in [3.8, 4) is 0 Å². The molecule has 10 rings (SSSR count). The zero-order valence-corrected chi connectivity index (χ0v) is 39.2. The molecule has 324 valence electrons. The Bertz CT molecular complexity index is 3000. The molecule has 0 N–H and O–H groups in total. The monoisotopic (exact) mass is 840 g/mol. The zero-order chi connectivity index (χ0) is 44.8. The predicted molar refractivity (Wildman–Crippen MR) is 256 cm³/mol. The highest BCUT2D eigenvalue weighted by Crippen LogP contribution is 2.49. The van der Waals surface area contributed by atoms with Gasteiger partial charge >= 0.3 is 7.12 Å². The second-order valence-corrected chi connectivity index (χ2v) is 22.7. The summed E-state index contributed by atoms with van der Waals surface area (Å²) in [6.45, 7) is 26.0. The van der Waals surface area contributed by atoms with E-state index < -0.39 is 18.3 Å². The van der Waals surface area contributed by atoms with Gasteiger partial charge in [0.25, 0.3) is 11.1 Å². The molecular weight excluding hydrogens is 779 g/mol. The van der Waals surface area contributed by atoms with E-state index in [0.717, 1.165) is 99.3 Å². The Hall–Kier alpha value is -5.12. The van der Waals surface area contributed by atoms with E-state index in [0.29, 0.717) is 0 Å². The smallest absolute Gasteiger partial charge is 0.399 e. The fourth-order valence-electron chi connectivity index (χ4n) is 12.1. The first kappa shape index (κ1) is 41.9. The third-order valence-corrected chi connectivity index (χ3v) is 15.2. The normalized spacial score (nSPS) is 20.0. The molecule has 2 aliphatic carbocycles. The number of benzene rings is 3. The number of rotatable bonds is 7. The lowest BCUT2D eigenvalue weighted by atomic mass is 9.76. The summed E-state index contributed by atoms with van der Waals surface area (Å²) in [5.74, 6) is 0. The summed E-state index contributed by atoms with van der Waals surface area (Å²) in [7, 11) is -0.461. The van der Waals surface area contributed by atoms with Crippen molar-refractivity contribution < 1.29 is 9.31 Å². The third-order valence-electron chi connectivity index (χ3n) is 15.2.